The van der Waals surface area contributed by atoms with Crippen molar-refractivity contribution in [2.45, 2.75) is 6.18 Å². The molecule has 0 fully saturated rings. The van der Waals surface area contributed by atoms with Crippen LogP contribution >= 0.6 is 0 Å². The third-order valence-electron chi connectivity index (χ3n) is 2.82. The summed E-state index contributed by atoms with van der Waals surface area (Å²) in [6, 6.07) is 9.06. The molecule has 8 heteroatoms. The molecule has 2 aromatic rings. The third-order valence-corrected chi connectivity index (χ3v) is 2.82. The fourth-order valence-corrected chi connectivity index (χ4v) is 1.78. The number of hydrogen-bond donors (Lipinski definition) is 2. The van der Waals surface area contributed by atoms with E-state index in [1.54, 1.807) is 23.5 Å². The Kier molecular flexibility index (Phi) is 5.41. The summed E-state index contributed by atoms with van der Waals surface area (Å²) >= 11 is 0. The van der Waals surface area contributed by atoms with E-state index in [9.17, 15) is 22.8 Å². The van der Waals surface area contributed by atoms with Gasteiger partial charge in [-0.1, -0.05) is 12.1 Å². The largest absolute Gasteiger partial charge is 0.465 e. The fraction of sp³-hybridized carbons (Fsp3) is 0.125. The van der Waals surface area contributed by atoms with Crippen molar-refractivity contribution in [3.8, 4) is 0 Å². The van der Waals surface area contributed by atoms with Crippen molar-refractivity contribution >= 4 is 23.6 Å². The molecule has 0 atom stereocenters. The van der Waals surface area contributed by atoms with E-state index >= 15 is 0 Å². The van der Waals surface area contributed by atoms with Gasteiger partial charge in [0.05, 0.1) is 17.5 Å². The van der Waals surface area contributed by atoms with E-state index in [1.807, 2.05) is 0 Å². The molecule has 0 aliphatic rings. The van der Waals surface area contributed by atoms with E-state index in [0.29, 0.717) is 5.76 Å². The predicted molar refractivity (Wildman–Crippen MR) is 81.2 cm³/mol. The monoisotopic (exact) mass is 338 g/mol. The first kappa shape index (κ1) is 17.3. The van der Waals surface area contributed by atoms with Gasteiger partial charge in [-0.15, -0.1) is 0 Å². The van der Waals surface area contributed by atoms with Crippen molar-refractivity contribution in [1.82, 2.24) is 5.32 Å². The van der Waals surface area contributed by atoms with Gasteiger partial charge in [-0.3, -0.25) is 9.59 Å². The number of alkyl halides is 3. The van der Waals surface area contributed by atoms with Crippen LogP contribution < -0.4 is 10.6 Å². The first-order valence-corrected chi connectivity index (χ1v) is 6.82. The van der Waals surface area contributed by atoms with Gasteiger partial charge in [-0.25, -0.2) is 0 Å². The van der Waals surface area contributed by atoms with E-state index in [0.717, 1.165) is 0 Å². The first-order chi connectivity index (χ1) is 11.3. The summed E-state index contributed by atoms with van der Waals surface area (Å²) in [5.41, 5.74) is 0.0350. The number of para-hydroxylation sites is 1. The molecule has 0 saturated carbocycles. The summed E-state index contributed by atoms with van der Waals surface area (Å²) in [7, 11) is 0. The zero-order valence-electron chi connectivity index (χ0n) is 12.3. The molecule has 1 aromatic heterocycles. The Morgan fingerprint density at radius 3 is 2.54 bits per heavy atom. The van der Waals surface area contributed by atoms with Crippen LogP contribution in [0.15, 0.2) is 53.2 Å². The second kappa shape index (κ2) is 7.49. The predicted octanol–water partition coefficient (Wildman–Crippen LogP) is 3.22. The lowest BCUT2D eigenvalue weighted by molar-refractivity contribution is -0.123. The molecule has 0 aliphatic heterocycles. The number of carbonyl (C=O) groups is 2. The topological polar surface area (TPSA) is 71.3 Å². The smallest absolute Gasteiger partial charge is 0.405 e. The zero-order chi connectivity index (χ0) is 17.6. The second-order valence-electron chi connectivity index (χ2n) is 4.68. The van der Waals surface area contributed by atoms with Gasteiger partial charge in [0.15, 0.2) is 0 Å². The van der Waals surface area contributed by atoms with E-state index in [2.05, 4.69) is 5.32 Å². The Morgan fingerprint density at radius 2 is 1.88 bits per heavy atom. The van der Waals surface area contributed by atoms with Crippen LogP contribution in [0, 0.1) is 0 Å². The molecule has 2 rings (SSSR count). The highest BCUT2D eigenvalue weighted by Crippen LogP contribution is 2.17. The summed E-state index contributed by atoms with van der Waals surface area (Å²) < 4.78 is 41.5. The zero-order valence-corrected chi connectivity index (χ0v) is 12.3. The molecule has 0 radical (unpaired) electrons. The highest BCUT2D eigenvalue weighted by Gasteiger charge is 2.28. The van der Waals surface area contributed by atoms with Crippen LogP contribution in [0.5, 0.6) is 0 Å². The molecular formula is C16H13F3N2O3. The molecular weight excluding hydrogens is 325 g/mol. The van der Waals surface area contributed by atoms with Crippen molar-refractivity contribution in [2.75, 3.05) is 11.9 Å². The summed E-state index contributed by atoms with van der Waals surface area (Å²) in [4.78, 5) is 23.7. The minimum Gasteiger partial charge on any atom is -0.465 e. The Bertz CT molecular complexity index is 737. The SMILES string of the molecule is O=C(/C=C/c1ccco1)Nc1ccccc1C(=O)NCC(F)(F)F. The average Bonchev–Trinajstić information content (AvgIpc) is 3.04. The van der Waals surface area contributed by atoms with E-state index < -0.39 is 24.5 Å². The van der Waals surface area contributed by atoms with Crippen LogP contribution in [-0.4, -0.2) is 24.5 Å². The van der Waals surface area contributed by atoms with Crippen molar-refractivity contribution in [3.63, 3.8) is 0 Å². The quantitative estimate of drug-likeness (QED) is 0.822. The molecule has 2 amide bonds. The molecule has 0 unspecified atom stereocenters. The number of benzene rings is 1. The number of anilines is 1. The van der Waals surface area contributed by atoms with E-state index in [1.165, 1.54) is 36.6 Å². The van der Waals surface area contributed by atoms with Crippen LogP contribution in [0.3, 0.4) is 0 Å². The number of halogens is 3. The maximum absolute atomic E-state index is 12.2. The van der Waals surface area contributed by atoms with Gasteiger partial charge < -0.3 is 15.1 Å². The molecule has 1 heterocycles. The van der Waals surface area contributed by atoms with Crippen LogP contribution in [0.1, 0.15) is 16.1 Å². The average molecular weight is 338 g/mol. The maximum atomic E-state index is 12.2. The van der Waals surface area contributed by atoms with Gasteiger partial charge in [-0.05, 0) is 30.3 Å². The number of carbonyl (C=O) groups excluding carboxylic acids is 2. The lowest BCUT2D eigenvalue weighted by atomic mass is 10.1. The van der Waals surface area contributed by atoms with Gasteiger partial charge in [0.1, 0.15) is 12.3 Å². The highest BCUT2D eigenvalue weighted by atomic mass is 19.4. The molecule has 5 nitrogen and oxygen atoms in total. The van der Waals surface area contributed by atoms with Gasteiger partial charge in [0, 0.05) is 6.08 Å². The van der Waals surface area contributed by atoms with Crippen LogP contribution in [0.2, 0.25) is 0 Å². The number of furan rings is 1. The number of amides is 2. The molecule has 1 aromatic carbocycles. The molecule has 0 bridgehead atoms. The van der Waals surface area contributed by atoms with Crippen molar-refractivity contribution in [1.29, 1.82) is 0 Å². The normalized spacial score (nSPS) is 11.5. The Labute approximate surface area is 135 Å². The molecule has 126 valence electrons. The summed E-state index contributed by atoms with van der Waals surface area (Å²) in [5, 5.41) is 4.20. The molecule has 24 heavy (non-hydrogen) atoms. The summed E-state index contributed by atoms with van der Waals surface area (Å²) in [5.74, 6) is -1.03. The Hall–Kier alpha value is -3.03. The van der Waals surface area contributed by atoms with Gasteiger partial charge in [0.2, 0.25) is 5.91 Å². The highest BCUT2D eigenvalue weighted by molar-refractivity contribution is 6.07. The molecule has 2 N–H and O–H groups in total. The van der Waals surface area contributed by atoms with Crippen LogP contribution in [-0.2, 0) is 4.79 Å². The van der Waals surface area contributed by atoms with Crippen LogP contribution in [0.25, 0.3) is 6.08 Å². The first-order valence-electron chi connectivity index (χ1n) is 6.82. The molecule has 0 aliphatic carbocycles. The minimum absolute atomic E-state index is 0.0681. The minimum atomic E-state index is -4.51. The second-order valence-corrected chi connectivity index (χ2v) is 4.68. The Morgan fingerprint density at radius 1 is 1.12 bits per heavy atom. The third kappa shape index (κ3) is 5.31. The van der Waals surface area contributed by atoms with E-state index in [-0.39, 0.29) is 11.3 Å². The molecule has 0 spiro atoms. The standard InChI is InChI=1S/C16H13F3N2O3/c17-16(18,19)10-20-15(23)12-5-1-2-6-13(12)21-14(22)8-7-11-4-3-9-24-11/h1-9H,10H2,(H,20,23)(H,21,22)/b8-7+. The van der Waals surface area contributed by atoms with Crippen molar-refractivity contribution < 1.29 is 27.2 Å². The van der Waals surface area contributed by atoms with Gasteiger partial charge >= 0.3 is 6.18 Å². The van der Waals surface area contributed by atoms with Crippen molar-refractivity contribution in [2.24, 2.45) is 0 Å². The number of hydrogen-bond acceptors (Lipinski definition) is 3. The summed E-state index contributed by atoms with van der Waals surface area (Å²) in [6.45, 7) is -1.45. The Balaban J connectivity index is 2.05. The number of rotatable bonds is 5. The van der Waals surface area contributed by atoms with Crippen molar-refractivity contribution in [3.05, 3.63) is 60.1 Å². The lowest BCUT2D eigenvalue weighted by Gasteiger charge is -2.11. The van der Waals surface area contributed by atoms with E-state index in [4.69, 9.17) is 4.42 Å². The van der Waals surface area contributed by atoms with Gasteiger partial charge in [0.25, 0.3) is 5.91 Å². The van der Waals surface area contributed by atoms with Gasteiger partial charge in [-0.2, -0.15) is 13.2 Å². The summed E-state index contributed by atoms with van der Waals surface area (Å²) in [6.07, 6.45) is -0.470. The molecule has 0 saturated heterocycles. The van der Waals surface area contributed by atoms with Crippen LogP contribution in [0.4, 0.5) is 18.9 Å². The lowest BCUT2D eigenvalue weighted by Crippen LogP contribution is -2.34. The fourth-order valence-electron chi connectivity index (χ4n) is 1.78. The maximum Gasteiger partial charge on any atom is 0.405 e. The number of nitrogens with one attached hydrogen (secondary N) is 2.